The summed E-state index contributed by atoms with van der Waals surface area (Å²) in [4.78, 5) is 26.4. The molecule has 1 amide bonds. The predicted octanol–water partition coefficient (Wildman–Crippen LogP) is 1.67. The molecule has 2 fully saturated rings. The highest BCUT2D eigenvalue weighted by Crippen LogP contribution is 2.58. The summed E-state index contributed by atoms with van der Waals surface area (Å²) in [5, 5.41) is 9.44. The van der Waals surface area contributed by atoms with Gasteiger partial charge in [0.1, 0.15) is 5.75 Å². The number of rotatable bonds is 5. The van der Waals surface area contributed by atoms with Crippen LogP contribution in [0.15, 0.2) is 16.9 Å². The molecule has 2 unspecified atom stereocenters. The Morgan fingerprint density at radius 1 is 1.46 bits per heavy atom. The van der Waals surface area contributed by atoms with Crippen LogP contribution in [0.4, 0.5) is 0 Å². The number of amides is 1. The Kier molecular flexibility index (Phi) is 4.42. The van der Waals surface area contributed by atoms with E-state index in [1.54, 1.807) is 14.0 Å². The van der Waals surface area contributed by atoms with Gasteiger partial charge in [-0.05, 0) is 32.3 Å². The van der Waals surface area contributed by atoms with Crippen LogP contribution in [0.5, 0.6) is 5.75 Å². The van der Waals surface area contributed by atoms with Crippen LogP contribution < -0.4 is 5.56 Å². The van der Waals surface area contributed by atoms with Crippen molar-refractivity contribution in [2.45, 2.75) is 57.7 Å². The molecule has 0 bridgehead atoms. The zero-order valence-corrected chi connectivity index (χ0v) is 14.6. The minimum absolute atomic E-state index is 0.0378. The van der Waals surface area contributed by atoms with Crippen molar-refractivity contribution in [3.05, 3.63) is 28.2 Å². The van der Waals surface area contributed by atoms with E-state index in [0.29, 0.717) is 12.2 Å². The number of ether oxygens (including phenoxy) is 1. The summed E-state index contributed by atoms with van der Waals surface area (Å²) in [6, 6.07) is 2.97. The van der Waals surface area contributed by atoms with Gasteiger partial charge in [0, 0.05) is 50.3 Å². The first kappa shape index (κ1) is 17.0. The normalized spacial score (nSPS) is 24.3. The van der Waals surface area contributed by atoms with Gasteiger partial charge in [0.25, 0.3) is 5.56 Å². The predicted molar refractivity (Wildman–Crippen MR) is 90.0 cm³/mol. The maximum Gasteiger partial charge on any atom is 0.254 e. The lowest BCUT2D eigenvalue weighted by Crippen LogP contribution is -2.67. The summed E-state index contributed by atoms with van der Waals surface area (Å²) < 4.78 is 7.10. The highest BCUT2D eigenvalue weighted by Gasteiger charge is 2.60. The van der Waals surface area contributed by atoms with E-state index in [9.17, 15) is 14.7 Å². The third-order valence-corrected chi connectivity index (χ3v) is 6.04. The molecule has 1 N–H and O–H groups in total. The summed E-state index contributed by atoms with van der Waals surface area (Å²) in [5.41, 5.74) is 0.542. The van der Waals surface area contributed by atoms with Crippen LogP contribution in [0.2, 0.25) is 0 Å². The number of pyridine rings is 1. The summed E-state index contributed by atoms with van der Waals surface area (Å²) in [7, 11) is 3.62. The third-order valence-electron chi connectivity index (χ3n) is 6.04. The van der Waals surface area contributed by atoms with Crippen molar-refractivity contribution in [3.63, 3.8) is 0 Å². The fraction of sp³-hybridized carbons (Fsp3) is 0.667. The second-order valence-electron chi connectivity index (χ2n) is 7.16. The molecule has 0 aromatic carbocycles. The Bertz CT molecular complexity index is 693. The van der Waals surface area contributed by atoms with Crippen molar-refractivity contribution < 1.29 is 14.6 Å². The molecule has 2 aliphatic carbocycles. The Labute approximate surface area is 142 Å². The van der Waals surface area contributed by atoms with E-state index in [0.717, 1.165) is 19.3 Å². The van der Waals surface area contributed by atoms with Gasteiger partial charge >= 0.3 is 0 Å². The van der Waals surface area contributed by atoms with Gasteiger partial charge in [-0.2, -0.15) is 0 Å². The smallest absolute Gasteiger partial charge is 0.254 e. The van der Waals surface area contributed by atoms with Crippen molar-refractivity contribution >= 4 is 5.91 Å². The second-order valence-corrected chi connectivity index (χ2v) is 7.16. The molecule has 2 saturated carbocycles. The van der Waals surface area contributed by atoms with Gasteiger partial charge in [-0.25, -0.2) is 0 Å². The maximum absolute atomic E-state index is 12.6. The lowest BCUT2D eigenvalue weighted by atomic mass is 9.50. The molecule has 6 nitrogen and oxygen atoms in total. The Hall–Kier alpha value is -1.82. The van der Waals surface area contributed by atoms with Crippen LogP contribution in [0.3, 0.4) is 0 Å². The molecule has 3 rings (SSSR count). The minimum atomic E-state index is -0.276. The molecule has 6 heteroatoms. The first-order valence-electron chi connectivity index (χ1n) is 8.58. The lowest BCUT2D eigenvalue weighted by molar-refractivity contribution is -0.195. The number of aryl methyl sites for hydroxylation is 1. The molecule has 132 valence electrons. The first-order chi connectivity index (χ1) is 11.4. The Balaban J connectivity index is 1.63. The number of carbonyl (C=O) groups is 1. The molecule has 0 aliphatic heterocycles. The number of hydrogen-bond acceptors (Lipinski definition) is 4. The third kappa shape index (κ3) is 2.62. The van der Waals surface area contributed by atoms with Crippen molar-refractivity contribution in [2.24, 2.45) is 5.41 Å². The van der Waals surface area contributed by atoms with E-state index < -0.39 is 0 Å². The molecule has 1 heterocycles. The van der Waals surface area contributed by atoms with E-state index in [-0.39, 0.29) is 41.2 Å². The lowest BCUT2D eigenvalue weighted by Gasteiger charge is -2.63. The summed E-state index contributed by atoms with van der Waals surface area (Å²) >= 11 is 0. The maximum atomic E-state index is 12.6. The van der Waals surface area contributed by atoms with Gasteiger partial charge < -0.3 is 19.3 Å². The number of aromatic nitrogens is 1. The average molecular weight is 334 g/mol. The molecule has 0 saturated heterocycles. The molecular formula is C18H26N2O4. The molecule has 2 aliphatic rings. The number of methoxy groups -OCH3 is 1. The van der Waals surface area contributed by atoms with Crippen LogP contribution in [0.1, 0.15) is 37.8 Å². The molecular weight excluding hydrogens is 308 g/mol. The second kappa shape index (κ2) is 6.24. The first-order valence-corrected chi connectivity index (χ1v) is 8.58. The van der Waals surface area contributed by atoms with Crippen molar-refractivity contribution in [2.75, 3.05) is 14.2 Å². The fourth-order valence-corrected chi connectivity index (χ4v) is 4.40. The van der Waals surface area contributed by atoms with E-state index in [1.165, 1.54) is 23.1 Å². The molecule has 0 radical (unpaired) electrons. The summed E-state index contributed by atoms with van der Waals surface area (Å²) in [6.45, 7) is 2.09. The monoisotopic (exact) mass is 334 g/mol. The Morgan fingerprint density at radius 2 is 2.17 bits per heavy atom. The van der Waals surface area contributed by atoms with Crippen molar-refractivity contribution in [1.29, 1.82) is 0 Å². The number of aromatic hydroxyl groups is 1. The SMILES string of the molecule is COC1CC(N(C)C(=O)CCn2c(C)cc(O)cc2=O)C12CCC2. The summed E-state index contributed by atoms with van der Waals surface area (Å²) in [6.07, 6.45) is 4.92. The fourth-order valence-electron chi connectivity index (χ4n) is 4.40. The highest BCUT2D eigenvalue weighted by atomic mass is 16.5. The number of hydrogen-bond donors (Lipinski definition) is 1. The van der Waals surface area contributed by atoms with Gasteiger partial charge in [0.15, 0.2) is 0 Å². The van der Waals surface area contributed by atoms with Crippen LogP contribution >= 0.6 is 0 Å². The zero-order chi connectivity index (χ0) is 17.5. The molecule has 1 aromatic heterocycles. The number of nitrogens with zero attached hydrogens (tertiary/aromatic N) is 2. The quantitative estimate of drug-likeness (QED) is 0.889. The van der Waals surface area contributed by atoms with E-state index >= 15 is 0 Å². The standard InChI is InChI=1S/C18H26N2O4/c1-12-9-13(21)10-17(23)20(12)8-5-16(22)19(2)14-11-15(24-3)18(14)6-4-7-18/h9-10,14-15,21H,4-8,11H2,1-3H3. The number of carbonyl (C=O) groups excluding carboxylic acids is 1. The van der Waals surface area contributed by atoms with Crippen LogP contribution in [0.25, 0.3) is 0 Å². The molecule has 24 heavy (non-hydrogen) atoms. The highest BCUT2D eigenvalue weighted by molar-refractivity contribution is 5.76. The van der Waals surface area contributed by atoms with Crippen LogP contribution in [-0.2, 0) is 16.1 Å². The van der Waals surface area contributed by atoms with Gasteiger partial charge in [0.2, 0.25) is 5.91 Å². The van der Waals surface area contributed by atoms with E-state index in [4.69, 9.17) is 4.74 Å². The Morgan fingerprint density at radius 3 is 2.71 bits per heavy atom. The molecule has 1 aromatic rings. The summed E-state index contributed by atoms with van der Waals surface area (Å²) in [5.74, 6) is 0.0180. The zero-order valence-electron chi connectivity index (χ0n) is 14.6. The van der Waals surface area contributed by atoms with Gasteiger partial charge in [-0.1, -0.05) is 6.42 Å². The van der Waals surface area contributed by atoms with Crippen LogP contribution in [-0.4, -0.2) is 46.8 Å². The van der Waals surface area contributed by atoms with E-state index in [2.05, 4.69) is 0 Å². The molecule has 2 atom stereocenters. The largest absolute Gasteiger partial charge is 0.508 e. The van der Waals surface area contributed by atoms with Crippen molar-refractivity contribution in [1.82, 2.24) is 9.47 Å². The van der Waals surface area contributed by atoms with Gasteiger partial charge in [-0.3, -0.25) is 9.59 Å². The van der Waals surface area contributed by atoms with Gasteiger partial charge in [0.05, 0.1) is 6.10 Å². The van der Waals surface area contributed by atoms with E-state index in [1.807, 2.05) is 11.9 Å². The minimum Gasteiger partial charge on any atom is -0.508 e. The molecule has 1 spiro atoms. The van der Waals surface area contributed by atoms with Crippen LogP contribution in [0, 0.1) is 12.3 Å². The topological polar surface area (TPSA) is 71.8 Å². The average Bonchev–Trinajstić information content (AvgIpc) is 2.43. The van der Waals surface area contributed by atoms with Gasteiger partial charge in [-0.15, -0.1) is 0 Å². The van der Waals surface area contributed by atoms with Crippen molar-refractivity contribution in [3.8, 4) is 5.75 Å².